The maximum atomic E-state index is 8.38. The number of hydrogen-bond donors (Lipinski definition) is 0. The fourth-order valence-electron chi connectivity index (χ4n) is 2.43. The van der Waals surface area contributed by atoms with Crippen molar-refractivity contribution in [3.05, 3.63) is 40.8 Å². The Hall–Kier alpha value is -0.951. The summed E-state index contributed by atoms with van der Waals surface area (Å²) in [6, 6.07) is 10.7. The third-order valence-corrected chi connectivity index (χ3v) is 5.92. The molecule has 2 unspecified atom stereocenters. The molecule has 0 amide bonds. The molecule has 0 heterocycles. The molecule has 1 aromatic carbocycles. The first-order chi connectivity index (χ1) is 8.40. The minimum absolute atomic E-state index is 0.574. The normalized spacial score (nSPS) is 23.3. The monoisotopic (exact) mass is 295 g/mol. The van der Waals surface area contributed by atoms with E-state index in [1.807, 2.05) is 0 Å². The molecule has 3 nitrogen and oxygen atoms in total. The molecule has 1 saturated carbocycles. The average molecular weight is 294 g/mol. The topological polar surface area (TPSA) is 48.8 Å². The SMILES string of the molecule is [N-]=[N+]=NCC1CCCC1C[Se]c1ccccc1. The zero-order valence-corrected chi connectivity index (χ0v) is 11.5. The number of rotatable bonds is 5. The van der Waals surface area contributed by atoms with E-state index in [0.717, 1.165) is 5.92 Å². The Morgan fingerprint density at radius 3 is 2.76 bits per heavy atom. The molecule has 90 valence electrons. The Balaban J connectivity index is 1.83. The van der Waals surface area contributed by atoms with Gasteiger partial charge >= 0.3 is 108 Å². The van der Waals surface area contributed by atoms with E-state index in [2.05, 4.69) is 40.4 Å². The van der Waals surface area contributed by atoms with Crippen LogP contribution in [0.15, 0.2) is 35.4 Å². The first-order valence-corrected chi connectivity index (χ1v) is 8.15. The summed E-state index contributed by atoms with van der Waals surface area (Å²) in [5, 5.41) is 5.04. The molecule has 0 bridgehead atoms. The van der Waals surface area contributed by atoms with Gasteiger partial charge in [0.05, 0.1) is 0 Å². The third-order valence-electron chi connectivity index (χ3n) is 3.40. The molecule has 0 saturated heterocycles. The summed E-state index contributed by atoms with van der Waals surface area (Å²) in [4.78, 5) is 2.88. The molecule has 0 spiro atoms. The van der Waals surface area contributed by atoms with E-state index in [1.54, 1.807) is 0 Å². The van der Waals surface area contributed by atoms with Crippen LogP contribution in [0.2, 0.25) is 5.32 Å². The molecule has 1 aliphatic carbocycles. The van der Waals surface area contributed by atoms with Gasteiger partial charge in [0.2, 0.25) is 0 Å². The van der Waals surface area contributed by atoms with Gasteiger partial charge in [0.15, 0.2) is 0 Å². The Morgan fingerprint density at radius 1 is 1.24 bits per heavy atom. The van der Waals surface area contributed by atoms with Crippen molar-refractivity contribution in [3.63, 3.8) is 0 Å². The number of benzene rings is 1. The van der Waals surface area contributed by atoms with Crippen LogP contribution in [0, 0.1) is 11.8 Å². The summed E-state index contributed by atoms with van der Waals surface area (Å²) in [6.07, 6.45) is 3.87. The number of nitrogens with zero attached hydrogens (tertiary/aromatic N) is 3. The number of azide groups is 1. The van der Waals surface area contributed by atoms with Crippen molar-refractivity contribution in [3.8, 4) is 0 Å². The number of hydrogen-bond acceptors (Lipinski definition) is 1. The summed E-state index contributed by atoms with van der Waals surface area (Å²) in [5.74, 6) is 1.41. The van der Waals surface area contributed by atoms with Crippen molar-refractivity contribution in [1.82, 2.24) is 0 Å². The van der Waals surface area contributed by atoms with E-state index in [4.69, 9.17) is 5.53 Å². The summed E-state index contributed by atoms with van der Waals surface area (Å²) < 4.78 is 1.48. The fraction of sp³-hybridized carbons (Fsp3) is 0.538. The predicted octanol–water partition coefficient (Wildman–Crippen LogP) is 3.16. The Labute approximate surface area is 108 Å². The van der Waals surface area contributed by atoms with E-state index < -0.39 is 0 Å². The van der Waals surface area contributed by atoms with Gasteiger partial charge in [0.25, 0.3) is 0 Å². The summed E-state index contributed by atoms with van der Waals surface area (Å²) >= 11 is 0.574. The van der Waals surface area contributed by atoms with Gasteiger partial charge < -0.3 is 0 Å². The van der Waals surface area contributed by atoms with Gasteiger partial charge in [0.1, 0.15) is 0 Å². The quantitative estimate of drug-likeness (QED) is 0.347. The van der Waals surface area contributed by atoms with Crippen LogP contribution in [0.3, 0.4) is 0 Å². The van der Waals surface area contributed by atoms with Crippen LogP contribution in [0.5, 0.6) is 0 Å². The molecular formula is C13H17N3Se. The summed E-state index contributed by atoms with van der Waals surface area (Å²) in [6.45, 7) is 0.700. The molecule has 2 atom stereocenters. The molecule has 1 aliphatic rings. The predicted molar refractivity (Wildman–Crippen MR) is 71.5 cm³/mol. The summed E-state index contributed by atoms with van der Waals surface area (Å²) in [7, 11) is 0. The van der Waals surface area contributed by atoms with Gasteiger partial charge in [-0.3, -0.25) is 0 Å². The van der Waals surface area contributed by atoms with Crippen molar-refractivity contribution in [2.75, 3.05) is 6.54 Å². The maximum absolute atomic E-state index is 8.38. The molecule has 2 rings (SSSR count). The van der Waals surface area contributed by atoms with Gasteiger partial charge in [0, 0.05) is 0 Å². The van der Waals surface area contributed by atoms with Gasteiger partial charge in [-0.1, -0.05) is 0 Å². The molecule has 4 heteroatoms. The van der Waals surface area contributed by atoms with E-state index in [1.165, 1.54) is 29.0 Å². The van der Waals surface area contributed by atoms with Gasteiger partial charge in [-0.05, 0) is 0 Å². The summed E-state index contributed by atoms with van der Waals surface area (Å²) in [5.41, 5.74) is 8.38. The third kappa shape index (κ3) is 3.78. The second-order valence-electron chi connectivity index (χ2n) is 4.49. The second-order valence-corrected chi connectivity index (χ2v) is 6.78. The first-order valence-electron chi connectivity index (χ1n) is 6.09. The van der Waals surface area contributed by atoms with Crippen LogP contribution in [-0.4, -0.2) is 21.5 Å². The van der Waals surface area contributed by atoms with E-state index >= 15 is 0 Å². The zero-order valence-electron chi connectivity index (χ0n) is 9.83. The van der Waals surface area contributed by atoms with Crippen molar-refractivity contribution in [1.29, 1.82) is 0 Å². The van der Waals surface area contributed by atoms with Crippen molar-refractivity contribution < 1.29 is 0 Å². The van der Waals surface area contributed by atoms with E-state index in [9.17, 15) is 0 Å². The van der Waals surface area contributed by atoms with Crippen LogP contribution in [0.4, 0.5) is 0 Å². The first kappa shape index (κ1) is 12.5. The van der Waals surface area contributed by atoms with Crippen LogP contribution < -0.4 is 4.46 Å². The molecular weight excluding hydrogens is 277 g/mol. The van der Waals surface area contributed by atoms with Crippen molar-refractivity contribution in [2.45, 2.75) is 24.6 Å². The average Bonchev–Trinajstić information content (AvgIpc) is 2.82. The Morgan fingerprint density at radius 2 is 2.00 bits per heavy atom. The fourth-order valence-corrected chi connectivity index (χ4v) is 4.94. The van der Waals surface area contributed by atoms with Gasteiger partial charge in [-0.15, -0.1) is 0 Å². The van der Waals surface area contributed by atoms with Crippen molar-refractivity contribution in [2.24, 2.45) is 17.0 Å². The molecule has 0 N–H and O–H groups in total. The minimum atomic E-state index is 0.574. The molecule has 0 aromatic heterocycles. The van der Waals surface area contributed by atoms with Crippen LogP contribution >= 0.6 is 0 Å². The molecule has 0 aliphatic heterocycles. The van der Waals surface area contributed by atoms with E-state index in [0.29, 0.717) is 27.4 Å². The van der Waals surface area contributed by atoms with Gasteiger partial charge in [-0.25, -0.2) is 0 Å². The molecule has 1 aromatic rings. The second kappa shape index (κ2) is 6.70. The van der Waals surface area contributed by atoms with Crippen molar-refractivity contribution >= 4 is 19.4 Å². The van der Waals surface area contributed by atoms with Gasteiger partial charge in [-0.2, -0.15) is 0 Å². The van der Waals surface area contributed by atoms with Crippen LogP contribution in [0.25, 0.3) is 10.4 Å². The van der Waals surface area contributed by atoms with Crippen LogP contribution in [0.1, 0.15) is 19.3 Å². The molecule has 17 heavy (non-hydrogen) atoms. The van der Waals surface area contributed by atoms with Crippen LogP contribution in [-0.2, 0) is 0 Å². The molecule has 1 fully saturated rings. The standard InChI is InChI=1S/C13H17N3Se/c14-16-15-9-11-5-4-6-12(11)10-17-13-7-2-1-3-8-13/h1-3,7-8,11-12H,4-6,9-10H2. The zero-order chi connectivity index (χ0) is 11.9. The Kier molecular flexibility index (Phi) is 4.93. The Bertz CT molecular complexity index is 387. The molecule has 0 radical (unpaired) electrons. The van der Waals surface area contributed by atoms with E-state index in [-0.39, 0.29) is 0 Å².